The predicted octanol–water partition coefficient (Wildman–Crippen LogP) is 2.69. The maximum atomic E-state index is 4.08. The fourth-order valence-corrected chi connectivity index (χ4v) is 2.03. The van der Waals surface area contributed by atoms with Crippen LogP contribution in [0.2, 0.25) is 0 Å². The number of allylic oxidation sites excluding steroid dienone is 1. The Hall–Kier alpha value is -1.05. The van der Waals surface area contributed by atoms with Gasteiger partial charge in [0, 0.05) is 30.9 Å². The van der Waals surface area contributed by atoms with Crippen molar-refractivity contribution in [2.24, 2.45) is 4.99 Å². The van der Waals surface area contributed by atoms with Crippen LogP contribution in [-0.4, -0.2) is 17.2 Å². The fraction of sp³-hybridized carbons (Fsp3) is 0.545. The van der Waals surface area contributed by atoms with Gasteiger partial charge in [0.25, 0.3) is 0 Å². The second kappa shape index (κ2) is 4.26. The van der Waals surface area contributed by atoms with Crippen molar-refractivity contribution in [1.82, 2.24) is 4.90 Å². The van der Waals surface area contributed by atoms with Gasteiger partial charge in [-0.2, -0.15) is 0 Å². The highest BCUT2D eigenvalue weighted by atomic mass is 15.1. The Balaban J connectivity index is 1.98. The topological polar surface area (TPSA) is 15.6 Å². The molecular formula is C11H16N2. The third-order valence-electron chi connectivity index (χ3n) is 2.75. The summed E-state index contributed by atoms with van der Waals surface area (Å²) in [5.74, 6) is 0. The molecule has 1 heterocycles. The number of hydrogen-bond donors (Lipinski definition) is 0. The largest absolute Gasteiger partial charge is 0.350 e. The van der Waals surface area contributed by atoms with E-state index < -0.39 is 0 Å². The lowest BCUT2D eigenvalue weighted by molar-refractivity contribution is 0.277. The predicted molar refractivity (Wildman–Crippen MR) is 55.5 cm³/mol. The standard InChI is InChI=1S/C11H16N2/c1-2-5-11(6-3-1)13-9-4-7-12-8-10-13/h4,7-11H,1-3,5-6H2. The molecule has 1 aliphatic heterocycles. The molecule has 0 aromatic carbocycles. The minimum Gasteiger partial charge on any atom is -0.350 e. The van der Waals surface area contributed by atoms with Gasteiger partial charge in [-0.1, -0.05) is 19.3 Å². The van der Waals surface area contributed by atoms with Crippen molar-refractivity contribution >= 4 is 6.21 Å². The molecule has 1 aliphatic carbocycles. The van der Waals surface area contributed by atoms with E-state index in [2.05, 4.69) is 22.3 Å². The molecule has 0 aromatic heterocycles. The van der Waals surface area contributed by atoms with Gasteiger partial charge >= 0.3 is 0 Å². The molecule has 0 amide bonds. The monoisotopic (exact) mass is 176 g/mol. The molecule has 2 heteroatoms. The number of hydrogen-bond acceptors (Lipinski definition) is 2. The van der Waals surface area contributed by atoms with Crippen LogP contribution in [0.5, 0.6) is 0 Å². The summed E-state index contributed by atoms with van der Waals surface area (Å²) in [5, 5.41) is 0. The van der Waals surface area contributed by atoms with Crippen molar-refractivity contribution < 1.29 is 0 Å². The molecule has 0 saturated heterocycles. The summed E-state index contributed by atoms with van der Waals surface area (Å²) >= 11 is 0. The van der Waals surface area contributed by atoms with E-state index in [9.17, 15) is 0 Å². The first-order valence-electron chi connectivity index (χ1n) is 5.11. The van der Waals surface area contributed by atoms with E-state index in [0.29, 0.717) is 6.04 Å². The van der Waals surface area contributed by atoms with Gasteiger partial charge in [0.1, 0.15) is 0 Å². The summed E-state index contributed by atoms with van der Waals surface area (Å²) in [6.45, 7) is 0. The number of aliphatic imine (C=N–C) groups is 1. The maximum absolute atomic E-state index is 4.08. The molecule has 0 radical (unpaired) electrons. The lowest BCUT2D eigenvalue weighted by Crippen LogP contribution is -2.28. The van der Waals surface area contributed by atoms with E-state index in [1.807, 2.05) is 18.5 Å². The van der Waals surface area contributed by atoms with Gasteiger partial charge < -0.3 is 4.90 Å². The molecule has 0 bridgehead atoms. The Labute approximate surface area is 79.7 Å². The van der Waals surface area contributed by atoms with Gasteiger partial charge in [-0.05, 0) is 18.9 Å². The summed E-state index contributed by atoms with van der Waals surface area (Å²) < 4.78 is 0. The van der Waals surface area contributed by atoms with E-state index in [-0.39, 0.29) is 0 Å². The first-order valence-corrected chi connectivity index (χ1v) is 5.11. The molecule has 0 N–H and O–H groups in total. The normalized spacial score (nSPS) is 23.5. The minimum atomic E-state index is 0.711. The Kier molecular flexibility index (Phi) is 2.80. The van der Waals surface area contributed by atoms with Gasteiger partial charge in [-0.25, -0.2) is 0 Å². The molecule has 0 atom stereocenters. The van der Waals surface area contributed by atoms with Gasteiger partial charge in [0.15, 0.2) is 0 Å². The molecule has 1 fully saturated rings. The SMILES string of the molecule is C1=CN(C2CCCCC2)C=CN=C1. The highest BCUT2D eigenvalue weighted by Crippen LogP contribution is 2.23. The number of nitrogens with zero attached hydrogens (tertiary/aromatic N) is 2. The zero-order chi connectivity index (χ0) is 8.93. The smallest absolute Gasteiger partial charge is 0.0430 e. The van der Waals surface area contributed by atoms with Crippen LogP contribution < -0.4 is 0 Å². The van der Waals surface area contributed by atoms with E-state index in [4.69, 9.17) is 0 Å². The molecule has 1 saturated carbocycles. The summed E-state index contributed by atoms with van der Waals surface area (Å²) in [6.07, 6.45) is 16.7. The average Bonchev–Trinajstić information content (AvgIpc) is 2.47. The second-order valence-electron chi connectivity index (χ2n) is 3.68. The molecule has 0 unspecified atom stereocenters. The lowest BCUT2D eigenvalue weighted by atomic mass is 9.94. The Morgan fingerprint density at radius 3 is 2.77 bits per heavy atom. The van der Waals surface area contributed by atoms with Crippen LogP contribution in [0, 0.1) is 0 Å². The third kappa shape index (κ3) is 2.20. The Bertz CT molecular complexity index is 218. The molecule has 2 aliphatic rings. The van der Waals surface area contributed by atoms with Crippen molar-refractivity contribution in [3.63, 3.8) is 0 Å². The van der Waals surface area contributed by atoms with Crippen molar-refractivity contribution in [2.45, 2.75) is 38.1 Å². The summed E-state index contributed by atoms with van der Waals surface area (Å²) in [7, 11) is 0. The van der Waals surface area contributed by atoms with E-state index in [1.165, 1.54) is 32.1 Å². The van der Waals surface area contributed by atoms with Crippen LogP contribution in [0.3, 0.4) is 0 Å². The van der Waals surface area contributed by atoms with Gasteiger partial charge in [0.2, 0.25) is 0 Å². The molecule has 2 nitrogen and oxygen atoms in total. The van der Waals surface area contributed by atoms with Crippen LogP contribution in [0.1, 0.15) is 32.1 Å². The molecule has 2 rings (SSSR count). The minimum absolute atomic E-state index is 0.711. The molecular weight excluding hydrogens is 160 g/mol. The quantitative estimate of drug-likeness (QED) is 0.599. The Morgan fingerprint density at radius 1 is 1.08 bits per heavy atom. The van der Waals surface area contributed by atoms with Crippen LogP contribution in [0.15, 0.2) is 29.7 Å². The van der Waals surface area contributed by atoms with Crippen molar-refractivity contribution in [3.05, 3.63) is 24.7 Å². The Morgan fingerprint density at radius 2 is 1.92 bits per heavy atom. The molecule has 70 valence electrons. The van der Waals surface area contributed by atoms with E-state index in [1.54, 1.807) is 0 Å². The van der Waals surface area contributed by atoms with E-state index in [0.717, 1.165) is 0 Å². The highest BCUT2D eigenvalue weighted by Gasteiger charge is 2.16. The third-order valence-corrected chi connectivity index (χ3v) is 2.75. The highest BCUT2D eigenvalue weighted by molar-refractivity contribution is 5.71. The van der Waals surface area contributed by atoms with Crippen molar-refractivity contribution in [2.75, 3.05) is 0 Å². The van der Waals surface area contributed by atoms with Crippen molar-refractivity contribution in [1.29, 1.82) is 0 Å². The van der Waals surface area contributed by atoms with Gasteiger partial charge in [0.05, 0.1) is 0 Å². The van der Waals surface area contributed by atoms with Gasteiger partial charge in [-0.3, -0.25) is 4.99 Å². The van der Waals surface area contributed by atoms with Crippen LogP contribution in [0.25, 0.3) is 0 Å². The lowest BCUT2D eigenvalue weighted by Gasteiger charge is -2.30. The fourth-order valence-electron chi connectivity index (χ4n) is 2.03. The van der Waals surface area contributed by atoms with Gasteiger partial charge in [-0.15, -0.1) is 0 Å². The molecule has 0 spiro atoms. The van der Waals surface area contributed by atoms with Crippen LogP contribution >= 0.6 is 0 Å². The zero-order valence-electron chi connectivity index (χ0n) is 7.89. The summed E-state index contributed by atoms with van der Waals surface area (Å²) in [4.78, 5) is 6.38. The second-order valence-corrected chi connectivity index (χ2v) is 3.68. The summed E-state index contributed by atoms with van der Waals surface area (Å²) in [5.41, 5.74) is 0. The number of rotatable bonds is 1. The van der Waals surface area contributed by atoms with Crippen LogP contribution in [-0.2, 0) is 0 Å². The maximum Gasteiger partial charge on any atom is 0.0430 e. The first-order chi connectivity index (χ1) is 6.47. The zero-order valence-corrected chi connectivity index (χ0v) is 7.89. The van der Waals surface area contributed by atoms with E-state index >= 15 is 0 Å². The average molecular weight is 176 g/mol. The first kappa shape index (κ1) is 8.54. The van der Waals surface area contributed by atoms with Crippen molar-refractivity contribution in [3.8, 4) is 0 Å². The molecule has 0 aromatic rings. The van der Waals surface area contributed by atoms with Crippen LogP contribution in [0.4, 0.5) is 0 Å². The molecule has 13 heavy (non-hydrogen) atoms. The summed E-state index contributed by atoms with van der Waals surface area (Å²) in [6, 6.07) is 0.711.